The molecule has 1 N–H and O–H groups in total. The lowest BCUT2D eigenvalue weighted by Crippen LogP contribution is -2.37. The third-order valence-electron chi connectivity index (χ3n) is 4.89. The highest BCUT2D eigenvalue weighted by atomic mass is 32.2. The summed E-state index contributed by atoms with van der Waals surface area (Å²) in [7, 11) is -3.51. The Balaban J connectivity index is 1.42. The van der Waals surface area contributed by atoms with Crippen molar-refractivity contribution in [3.63, 3.8) is 0 Å². The second-order valence-electron chi connectivity index (χ2n) is 6.74. The highest BCUT2D eigenvalue weighted by Crippen LogP contribution is 2.23. The zero-order chi connectivity index (χ0) is 18.7. The van der Waals surface area contributed by atoms with Gasteiger partial charge in [-0.05, 0) is 18.6 Å². The Morgan fingerprint density at radius 1 is 1.07 bits per heavy atom. The number of nitrogens with zero attached hydrogens (tertiary/aromatic N) is 4. The smallest absolute Gasteiger partial charge is 0.240 e. The number of morpholine rings is 1. The summed E-state index contributed by atoms with van der Waals surface area (Å²) < 4.78 is 33.2. The Hall–Kier alpha value is -2.23. The molecule has 1 unspecified atom stereocenters. The van der Waals surface area contributed by atoms with Gasteiger partial charge in [-0.15, -0.1) is 5.10 Å². The molecule has 2 aromatic rings. The van der Waals surface area contributed by atoms with Gasteiger partial charge in [-0.3, -0.25) is 0 Å². The molecule has 27 heavy (non-hydrogen) atoms. The molecule has 2 aliphatic heterocycles. The van der Waals surface area contributed by atoms with Crippen LogP contribution in [0.5, 0.6) is 0 Å². The van der Waals surface area contributed by atoms with Crippen molar-refractivity contribution in [3.8, 4) is 0 Å². The van der Waals surface area contributed by atoms with Crippen LogP contribution in [0.15, 0.2) is 47.5 Å². The van der Waals surface area contributed by atoms with Gasteiger partial charge in [0.15, 0.2) is 5.82 Å². The van der Waals surface area contributed by atoms with E-state index in [0.717, 1.165) is 37.6 Å². The maximum Gasteiger partial charge on any atom is 0.240 e. The molecule has 2 aliphatic rings. The van der Waals surface area contributed by atoms with Crippen LogP contribution in [-0.4, -0.2) is 64.0 Å². The second-order valence-corrected chi connectivity index (χ2v) is 8.45. The minimum Gasteiger partial charge on any atom is -0.378 e. The maximum atomic E-state index is 12.5. The summed E-state index contributed by atoms with van der Waals surface area (Å²) in [6.07, 6.45) is 2.50. The number of ether oxygens (including phenoxy) is 1. The number of benzene rings is 1. The van der Waals surface area contributed by atoms with Crippen molar-refractivity contribution < 1.29 is 13.2 Å². The number of rotatable bonds is 5. The molecule has 2 fully saturated rings. The molecule has 0 radical (unpaired) electrons. The summed E-state index contributed by atoms with van der Waals surface area (Å²) in [5, 5.41) is 8.38. The van der Waals surface area contributed by atoms with Crippen molar-refractivity contribution in [1.82, 2.24) is 14.9 Å². The first kappa shape index (κ1) is 18.1. The van der Waals surface area contributed by atoms with Crippen molar-refractivity contribution in [1.29, 1.82) is 0 Å². The van der Waals surface area contributed by atoms with Gasteiger partial charge < -0.3 is 14.5 Å². The van der Waals surface area contributed by atoms with E-state index < -0.39 is 10.0 Å². The molecule has 0 spiro atoms. The molecule has 1 aromatic heterocycles. The zero-order valence-corrected chi connectivity index (χ0v) is 15.8. The van der Waals surface area contributed by atoms with Crippen LogP contribution >= 0.6 is 0 Å². The van der Waals surface area contributed by atoms with Gasteiger partial charge in [-0.1, -0.05) is 18.2 Å². The van der Waals surface area contributed by atoms with Crippen LogP contribution in [-0.2, 0) is 14.8 Å². The SMILES string of the molecule is O=S(=O)(NC1CCN(c2cc(N3CCOCC3)cnn2)C1)c1ccccc1. The van der Waals surface area contributed by atoms with Gasteiger partial charge in [-0.25, -0.2) is 13.1 Å². The average Bonchev–Trinajstić information content (AvgIpc) is 3.17. The van der Waals surface area contributed by atoms with E-state index in [1.807, 2.05) is 6.07 Å². The van der Waals surface area contributed by atoms with E-state index in [2.05, 4.69) is 24.7 Å². The lowest BCUT2D eigenvalue weighted by Gasteiger charge is -2.29. The van der Waals surface area contributed by atoms with Crippen LogP contribution in [0.3, 0.4) is 0 Å². The normalized spacial score (nSPS) is 20.8. The first-order valence-corrected chi connectivity index (χ1v) is 10.6. The van der Waals surface area contributed by atoms with Crippen LogP contribution < -0.4 is 14.5 Å². The zero-order valence-electron chi connectivity index (χ0n) is 15.0. The van der Waals surface area contributed by atoms with E-state index >= 15 is 0 Å². The van der Waals surface area contributed by atoms with Gasteiger partial charge in [0.1, 0.15) is 0 Å². The molecule has 2 saturated heterocycles. The fraction of sp³-hybridized carbons (Fsp3) is 0.444. The Morgan fingerprint density at radius 2 is 1.85 bits per heavy atom. The van der Waals surface area contributed by atoms with Crippen LogP contribution in [0.4, 0.5) is 11.5 Å². The number of anilines is 2. The molecule has 0 saturated carbocycles. The minimum absolute atomic E-state index is 0.149. The Bertz CT molecular complexity index is 872. The second kappa shape index (κ2) is 7.79. The average molecular weight is 389 g/mol. The highest BCUT2D eigenvalue weighted by molar-refractivity contribution is 7.89. The largest absolute Gasteiger partial charge is 0.378 e. The lowest BCUT2D eigenvalue weighted by molar-refractivity contribution is 0.122. The van der Waals surface area contributed by atoms with E-state index in [1.165, 1.54) is 0 Å². The molecule has 0 aliphatic carbocycles. The summed E-state index contributed by atoms with van der Waals surface area (Å²) >= 11 is 0. The summed E-state index contributed by atoms with van der Waals surface area (Å²) in [6.45, 7) is 4.42. The quantitative estimate of drug-likeness (QED) is 0.812. The predicted octanol–water partition coefficient (Wildman–Crippen LogP) is 0.870. The molecule has 0 amide bonds. The van der Waals surface area contributed by atoms with E-state index in [4.69, 9.17) is 4.74 Å². The standard InChI is InChI=1S/C18H23N5O3S/c24-27(25,17-4-2-1-3-5-17)21-15-6-7-23(14-15)18-12-16(13-19-20-18)22-8-10-26-11-9-22/h1-5,12-13,15,21H,6-11,14H2. The van der Waals surface area contributed by atoms with Gasteiger partial charge in [0.2, 0.25) is 10.0 Å². The molecule has 1 aromatic carbocycles. The van der Waals surface area contributed by atoms with Gasteiger partial charge in [0.25, 0.3) is 0 Å². The summed E-state index contributed by atoms with van der Waals surface area (Å²) in [5.74, 6) is 0.778. The van der Waals surface area contributed by atoms with E-state index in [0.29, 0.717) is 19.8 Å². The summed E-state index contributed by atoms with van der Waals surface area (Å²) in [5.41, 5.74) is 1.02. The first-order chi connectivity index (χ1) is 13.1. The topological polar surface area (TPSA) is 87.7 Å². The van der Waals surface area contributed by atoms with E-state index in [1.54, 1.807) is 36.5 Å². The van der Waals surface area contributed by atoms with Gasteiger partial charge in [-0.2, -0.15) is 5.10 Å². The summed E-state index contributed by atoms with van der Waals surface area (Å²) in [6, 6.07) is 10.3. The van der Waals surface area contributed by atoms with Gasteiger partial charge >= 0.3 is 0 Å². The van der Waals surface area contributed by atoms with Crippen molar-refractivity contribution in [3.05, 3.63) is 42.6 Å². The van der Waals surface area contributed by atoms with Crippen molar-refractivity contribution >= 4 is 21.5 Å². The third-order valence-corrected chi connectivity index (χ3v) is 6.43. The lowest BCUT2D eigenvalue weighted by atomic mass is 10.3. The minimum atomic E-state index is -3.51. The molecule has 3 heterocycles. The fourth-order valence-electron chi connectivity index (χ4n) is 3.45. The number of nitrogens with one attached hydrogen (secondary N) is 1. The Kier molecular flexibility index (Phi) is 5.24. The number of sulfonamides is 1. The Labute approximate surface area is 159 Å². The highest BCUT2D eigenvalue weighted by Gasteiger charge is 2.28. The van der Waals surface area contributed by atoms with Crippen LogP contribution in [0.25, 0.3) is 0 Å². The van der Waals surface area contributed by atoms with Gasteiger partial charge in [0.05, 0.1) is 30.0 Å². The van der Waals surface area contributed by atoms with Crippen LogP contribution in [0.1, 0.15) is 6.42 Å². The fourth-order valence-corrected chi connectivity index (χ4v) is 4.73. The Morgan fingerprint density at radius 3 is 2.63 bits per heavy atom. The van der Waals surface area contributed by atoms with E-state index in [-0.39, 0.29) is 10.9 Å². The molecule has 144 valence electrons. The molecule has 8 nitrogen and oxygen atoms in total. The van der Waals surface area contributed by atoms with Crippen LogP contribution in [0.2, 0.25) is 0 Å². The summed E-state index contributed by atoms with van der Waals surface area (Å²) in [4.78, 5) is 4.60. The maximum absolute atomic E-state index is 12.5. The molecule has 9 heteroatoms. The van der Waals surface area contributed by atoms with Crippen molar-refractivity contribution in [2.45, 2.75) is 17.4 Å². The van der Waals surface area contributed by atoms with Crippen molar-refractivity contribution in [2.24, 2.45) is 0 Å². The molecule has 4 rings (SSSR count). The number of aromatic nitrogens is 2. The predicted molar refractivity (Wildman–Crippen MR) is 102 cm³/mol. The van der Waals surface area contributed by atoms with Gasteiger partial charge in [0, 0.05) is 38.3 Å². The molecule has 0 bridgehead atoms. The van der Waals surface area contributed by atoms with Crippen LogP contribution in [0, 0.1) is 0 Å². The first-order valence-electron chi connectivity index (χ1n) is 9.09. The molecular weight excluding hydrogens is 366 g/mol. The molecule has 1 atom stereocenters. The molecular formula is C18H23N5O3S. The van der Waals surface area contributed by atoms with E-state index in [9.17, 15) is 8.42 Å². The number of hydrogen-bond acceptors (Lipinski definition) is 7. The monoisotopic (exact) mass is 389 g/mol. The third kappa shape index (κ3) is 4.20. The van der Waals surface area contributed by atoms with Crippen molar-refractivity contribution in [2.75, 3.05) is 49.2 Å². The number of hydrogen-bond donors (Lipinski definition) is 1.